The summed E-state index contributed by atoms with van der Waals surface area (Å²) in [5.41, 5.74) is 0. The summed E-state index contributed by atoms with van der Waals surface area (Å²) >= 11 is 0. The Labute approximate surface area is 105 Å². The minimum atomic E-state index is 0.0406. The van der Waals surface area contributed by atoms with E-state index in [0.717, 1.165) is 18.8 Å². The number of nitrogens with zero attached hydrogens (tertiary/aromatic N) is 1. The van der Waals surface area contributed by atoms with Gasteiger partial charge in [-0.3, -0.25) is 4.79 Å². The molecule has 1 unspecified atom stereocenters. The van der Waals surface area contributed by atoms with E-state index in [9.17, 15) is 4.79 Å². The number of carbonyl (C=O) groups is 1. The molecular weight excluding hydrogens is 212 g/mol. The monoisotopic (exact) mass is 236 g/mol. The fourth-order valence-corrected chi connectivity index (χ4v) is 2.52. The van der Waals surface area contributed by atoms with Gasteiger partial charge in [-0.15, -0.1) is 0 Å². The molecule has 0 aliphatic heterocycles. The van der Waals surface area contributed by atoms with Crippen molar-refractivity contribution in [3.63, 3.8) is 0 Å². The zero-order valence-corrected chi connectivity index (χ0v) is 10.9. The highest BCUT2D eigenvalue weighted by atomic mass is 16.1. The van der Waals surface area contributed by atoms with Gasteiger partial charge in [-0.1, -0.05) is 39.0 Å². The molecule has 1 aliphatic rings. The first-order chi connectivity index (χ1) is 8.26. The lowest BCUT2D eigenvalue weighted by Crippen LogP contribution is -2.34. The molecule has 0 heterocycles. The molecule has 1 saturated carbocycles. The average Bonchev–Trinajstić information content (AvgIpc) is 2.37. The molecule has 1 amide bonds. The standard InChI is InChI=1S/C14H24N2O/c1-2-13(10-11-15)16-14(17)9-8-12-6-4-3-5-7-12/h12-13H,2-10H2,1H3,(H,16,17). The van der Waals surface area contributed by atoms with Crippen LogP contribution in [0.15, 0.2) is 0 Å². The predicted molar refractivity (Wildman–Crippen MR) is 68.3 cm³/mol. The molecule has 0 aromatic carbocycles. The maximum Gasteiger partial charge on any atom is 0.220 e. The van der Waals surface area contributed by atoms with Crippen LogP contribution in [0.25, 0.3) is 0 Å². The van der Waals surface area contributed by atoms with Crippen LogP contribution < -0.4 is 5.32 Å². The molecule has 1 N–H and O–H groups in total. The lowest BCUT2D eigenvalue weighted by atomic mass is 9.86. The van der Waals surface area contributed by atoms with Gasteiger partial charge in [-0.05, 0) is 18.8 Å². The fraction of sp³-hybridized carbons (Fsp3) is 0.857. The summed E-state index contributed by atoms with van der Waals surface area (Å²) in [4.78, 5) is 11.7. The van der Waals surface area contributed by atoms with Gasteiger partial charge >= 0.3 is 0 Å². The highest BCUT2D eigenvalue weighted by Crippen LogP contribution is 2.27. The molecule has 1 rings (SSSR count). The van der Waals surface area contributed by atoms with E-state index in [0.29, 0.717) is 12.8 Å². The normalized spacial score (nSPS) is 18.4. The van der Waals surface area contributed by atoms with Crippen LogP contribution in [0, 0.1) is 17.2 Å². The van der Waals surface area contributed by atoms with Gasteiger partial charge < -0.3 is 5.32 Å². The zero-order chi connectivity index (χ0) is 12.5. The van der Waals surface area contributed by atoms with Crippen molar-refractivity contribution < 1.29 is 4.79 Å². The van der Waals surface area contributed by atoms with Gasteiger partial charge in [0.2, 0.25) is 5.91 Å². The number of carbonyl (C=O) groups excluding carboxylic acids is 1. The van der Waals surface area contributed by atoms with Crippen LogP contribution in [0.4, 0.5) is 0 Å². The molecular formula is C14H24N2O. The lowest BCUT2D eigenvalue weighted by molar-refractivity contribution is -0.122. The maximum atomic E-state index is 11.7. The third-order valence-corrected chi connectivity index (χ3v) is 3.70. The second-order valence-corrected chi connectivity index (χ2v) is 5.08. The van der Waals surface area contributed by atoms with Gasteiger partial charge in [0, 0.05) is 12.5 Å². The van der Waals surface area contributed by atoms with Crippen LogP contribution in [0.2, 0.25) is 0 Å². The van der Waals surface area contributed by atoms with Crippen LogP contribution in [0.1, 0.15) is 64.7 Å². The average molecular weight is 236 g/mol. The lowest BCUT2D eigenvalue weighted by Gasteiger charge is -2.21. The summed E-state index contributed by atoms with van der Waals surface area (Å²) in [5.74, 6) is 0.878. The van der Waals surface area contributed by atoms with Crippen molar-refractivity contribution in [2.75, 3.05) is 0 Å². The Morgan fingerprint density at radius 2 is 2.12 bits per heavy atom. The van der Waals surface area contributed by atoms with Crippen molar-refractivity contribution in [1.82, 2.24) is 5.32 Å². The molecule has 0 spiro atoms. The molecule has 96 valence electrons. The van der Waals surface area contributed by atoms with Gasteiger partial charge in [-0.2, -0.15) is 5.26 Å². The zero-order valence-electron chi connectivity index (χ0n) is 10.9. The van der Waals surface area contributed by atoms with Gasteiger partial charge in [0.05, 0.1) is 12.5 Å². The van der Waals surface area contributed by atoms with E-state index in [4.69, 9.17) is 5.26 Å². The van der Waals surface area contributed by atoms with Crippen molar-refractivity contribution in [3.05, 3.63) is 0 Å². The summed E-state index contributed by atoms with van der Waals surface area (Å²) in [5, 5.41) is 11.6. The Morgan fingerprint density at radius 3 is 2.71 bits per heavy atom. The quantitative estimate of drug-likeness (QED) is 0.770. The largest absolute Gasteiger partial charge is 0.352 e. The van der Waals surface area contributed by atoms with Gasteiger partial charge in [-0.25, -0.2) is 0 Å². The molecule has 3 nitrogen and oxygen atoms in total. The second kappa shape index (κ2) is 8.11. The topological polar surface area (TPSA) is 52.9 Å². The maximum absolute atomic E-state index is 11.7. The fourth-order valence-electron chi connectivity index (χ4n) is 2.52. The van der Waals surface area contributed by atoms with E-state index in [-0.39, 0.29) is 11.9 Å². The number of nitriles is 1. The summed E-state index contributed by atoms with van der Waals surface area (Å²) in [6.07, 6.45) is 9.53. The first-order valence-corrected chi connectivity index (χ1v) is 6.92. The Hall–Kier alpha value is -1.04. The van der Waals surface area contributed by atoms with Crippen LogP contribution >= 0.6 is 0 Å². The predicted octanol–water partition coefficient (Wildman–Crippen LogP) is 3.16. The van der Waals surface area contributed by atoms with Crippen LogP contribution in [0.3, 0.4) is 0 Å². The first-order valence-electron chi connectivity index (χ1n) is 6.92. The van der Waals surface area contributed by atoms with E-state index in [1.54, 1.807) is 0 Å². The number of hydrogen-bond acceptors (Lipinski definition) is 2. The van der Waals surface area contributed by atoms with Crippen molar-refractivity contribution in [1.29, 1.82) is 5.26 Å². The SMILES string of the molecule is CCC(CC#N)NC(=O)CCC1CCCCC1. The van der Waals surface area contributed by atoms with E-state index in [1.807, 2.05) is 6.92 Å². The summed E-state index contributed by atoms with van der Waals surface area (Å²) in [6, 6.07) is 2.16. The Bertz CT molecular complexity index is 264. The Kier molecular flexibility index (Phi) is 6.69. The summed E-state index contributed by atoms with van der Waals surface area (Å²) in [6.45, 7) is 2.00. The highest BCUT2D eigenvalue weighted by molar-refractivity contribution is 5.76. The van der Waals surface area contributed by atoms with Crippen LogP contribution in [-0.2, 0) is 4.79 Å². The number of rotatable bonds is 6. The van der Waals surface area contributed by atoms with Crippen LogP contribution in [-0.4, -0.2) is 11.9 Å². The van der Waals surface area contributed by atoms with Crippen molar-refractivity contribution in [2.45, 2.75) is 70.8 Å². The van der Waals surface area contributed by atoms with Crippen LogP contribution in [0.5, 0.6) is 0 Å². The van der Waals surface area contributed by atoms with E-state index in [1.165, 1.54) is 32.1 Å². The molecule has 17 heavy (non-hydrogen) atoms. The molecule has 0 aromatic rings. The summed E-state index contributed by atoms with van der Waals surface area (Å²) in [7, 11) is 0. The minimum absolute atomic E-state index is 0.0406. The molecule has 1 atom stereocenters. The van der Waals surface area contributed by atoms with Crippen molar-refractivity contribution >= 4 is 5.91 Å². The van der Waals surface area contributed by atoms with E-state index >= 15 is 0 Å². The highest BCUT2D eigenvalue weighted by Gasteiger charge is 2.16. The molecule has 0 bridgehead atoms. The second-order valence-electron chi connectivity index (χ2n) is 5.08. The third-order valence-electron chi connectivity index (χ3n) is 3.70. The van der Waals surface area contributed by atoms with E-state index < -0.39 is 0 Å². The van der Waals surface area contributed by atoms with Gasteiger partial charge in [0.25, 0.3) is 0 Å². The molecule has 0 radical (unpaired) electrons. The summed E-state index contributed by atoms with van der Waals surface area (Å²) < 4.78 is 0. The molecule has 1 aliphatic carbocycles. The molecule has 1 fully saturated rings. The number of amides is 1. The van der Waals surface area contributed by atoms with Crippen molar-refractivity contribution in [2.24, 2.45) is 5.92 Å². The first kappa shape index (κ1) is 14.0. The van der Waals surface area contributed by atoms with E-state index in [2.05, 4.69) is 11.4 Å². The Morgan fingerprint density at radius 1 is 1.41 bits per heavy atom. The van der Waals surface area contributed by atoms with Gasteiger partial charge in [0.1, 0.15) is 0 Å². The third kappa shape index (κ3) is 5.72. The molecule has 0 saturated heterocycles. The number of nitrogens with one attached hydrogen (secondary N) is 1. The van der Waals surface area contributed by atoms with Gasteiger partial charge in [0.15, 0.2) is 0 Å². The Balaban J connectivity index is 2.17. The minimum Gasteiger partial charge on any atom is -0.352 e. The van der Waals surface area contributed by atoms with Crippen molar-refractivity contribution in [3.8, 4) is 6.07 Å². The molecule has 0 aromatic heterocycles. The number of hydrogen-bond donors (Lipinski definition) is 1. The smallest absolute Gasteiger partial charge is 0.220 e. The molecule has 3 heteroatoms.